The summed E-state index contributed by atoms with van der Waals surface area (Å²) in [7, 11) is 0. The quantitative estimate of drug-likeness (QED) is 0.699. The van der Waals surface area contributed by atoms with E-state index in [9.17, 15) is 9.90 Å². The number of ketones is 1. The van der Waals surface area contributed by atoms with Crippen molar-refractivity contribution in [3.05, 3.63) is 11.6 Å². The summed E-state index contributed by atoms with van der Waals surface area (Å²) in [5.41, 5.74) is -0.0287. The second-order valence-corrected chi connectivity index (χ2v) is 5.24. The van der Waals surface area contributed by atoms with Crippen LogP contribution in [0.4, 0.5) is 0 Å². The molecule has 0 bridgehead atoms. The van der Waals surface area contributed by atoms with Crippen LogP contribution in [0.1, 0.15) is 27.2 Å². The summed E-state index contributed by atoms with van der Waals surface area (Å²) in [6.45, 7) is 6.36. The van der Waals surface area contributed by atoms with Gasteiger partial charge in [0.05, 0.1) is 13.2 Å². The molecule has 1 N–H and O–H groups in total. The first-order chi connectivity index (χ1) is 6.94. The zero-order valence-electron chi connectivity index (χ0n) is 9.54. The van der Waals surface area contributed by atoms with Gasteiger partial charge < -0.3 is 9.84 Å². The van der Waals surface area contributed by atoms with E-state index in [2.05, 4.69) is 0 Å². The molecule has 0 radical (unpaired) electrons. The summed E-state index contributed by atoms with van der Waals surface area (Å²) in [5, 5.41) is 9.34. The van der Waals surface area contributed by atoms with E-state index in [1.807, 2.05) is 26.8 Å². The highest BCUT2D eigenvalue weighted by molar-refractivity contribution is 6.00. The molecule has 0 aromatic heterocycles. The smallest absolute Gasteiger partial charge is 0.164 e. The number of rotatable bonds is 2. The predicted octanol–water partition coefficient (Wildman–Crippen LogP) is 1.31. The van der Waals surface area contributed by atoms with Crippen LogP contribution < -0.4 is 0 Å². The highest BCUT2D eigenvalue weighted by atomic mass is 16.6. The molecular weight excluding hydrogens is 192 g/mol. The Hall–Kier alpha value is -0.670. The molecule has 2 rings (SSSR count). The number of aliphatic hydroxyl groups is 1. The molecule has 0 aromatic rings. The lowest BCUT2D eigenvalue weighted by atomic mass is 9.63. The van der Waals surface area contributed by atoms with Crippen molar-refractivity contribution < 1.29 is 14.6 Å². The van der Waals surface area contributed by atoms with Crippen LogP contribution in [0.3, 0.4) is 0 Å². The van der Waals surface area contributed by atoms with Crippen molar-refractivity contribution >= 4 is 5.78 Å². The van der Waals surface area contributed by atoms with Crippen molar-refractivity contribution in [1.29, 1.82) is 0 Å². The fraction of sp³-hybridized carbons (Fsp3) is 0.750. The van der Waals surface area contributed by atoms with Crippen LogP contribution in [-0.2, 0) is 9.53 Å². The lowest BCUT2D eigenvalue weighted by molar-refractivity contribution is -0.129. The number of carbonyl (C=O) groups excluding carboxylic acids is 1. The molecular formula is C12H18O3. The third kappa shape index (κ3) is 1.45. The standard InChI is InChI=1S/C12H18O3/c1-8-4-5-9(11(2,3)10(8)14)12(6-13)7-15-12/h4,9,13H,5-7H2,1-3H3/t9-,12?/m1/s1. The lowest BCUT2D eigenvalue weighted by Gasteiger charge is -2.39. The molecule has 1 saturated heterocycles. The van der Waals surface area contributed by atoms with Crippen LogP contribution in [0.25, 0.3) is 0 Å². The Morgan fingerprint density at radius 2 is 2.20 bits per heavy atom. The minimum atomic E-state index is -0.448. The molecule has 2 atom stereocenters. The first-order valence-electron chi connectivity index (χ1n) is 5.40. The first-order valence-corrected chi connectivity index (χ1v) is 5.40. The highest BCUT2D eigenvalue weighted by Gasteiger charge is 2.58. The van der Waals surface area contributed by atoms with Crippen LogP contribution in [0.5, 0.6) is 0 Å². The number of hydrogen-bond acceptors (Lipinski definition) is 3. The maximum Gasteiger partial charge on any atom is 0.164 e. The topological polar surface area (TPSA) is 49.8 Å². The number of epoxide rings is 1. The summed E-state index contributed by atoms with van der Waals surface area (Å²) < 4.78 is 5.37. The zero-order chi connectivity index (χ0) is 11.3. The Kier molecular flexibility index (Phi) is 2.28. The van der Waals surface area contributed by atoms with Gasteiger partial charge in [0.25, 0.3) is 0 Å². The average molecular weight is 210 g/mol. The van der Waals surface area contributed by atoms with Crippen molar-refractivity contribution in [1.82, 2.24) is 0 Å². The van der Waals surface area contributed by atoms with E-state index in [-0.39, 0.29) is 18.3 Å². The van der Waals surface area contributed by atoms with Gasteiger partial charge in [-0.1, -0.05) is 19.9 Å². The van der Waals surface area contributed by atoms with E-state index in [4.69, 9.17) is 4.74 Å². The minimum absolute atomic E-state index is 0.0151. The van der Waals surface area contributed by atoms with Gasteiger partial charge in [-0.15, -0.1) is 0 Å². The van der Waals surface area contributed by atoms with Gasteiger partial charge in [0, 0.05) is 11.3 Å². The predicted molar refractivity (Wildman–Crippen MR) is 56.4 cm³/mol. The summed E-state index contributed by atoms with van der Waals surface area (Å²) in [4.78, 5) is 12.0. The van der Waals surface area contributed by atoms with E-state index >= 15 is 0 Å². The van der Waals surface area contributed by atoms with Crippen LogP contribution in [-0.4, -0.2) is 29.7 Å². The number of carbonyl (C=O) groups is 1. The van der Waals surface area contributed by atoms with Crippen LogP contribution in [0.15, 0.2) is 11.6 Å². The Labute approximate surface area is 90.1 Å². The van der Waals surface area contributed by atoms with Gasteiger partial charge >= 0.3 is 0 Å². The molecule has 3 nitrogen and oxygen atoms in total. The third-order valence-corrected chi connectivity index (χ3v) is 3.89. The normalized spacial score (nSPS) is 38.8. The Morgan fingerprint density at radius 1 is 1.60 bits per heavy atom. The largest absolute Gasteiger partial charge is 0.393 e. The van der Waals surface area contributed by atoms with Crippen molar-refractivity contribution in [2.45, 2.75) is 32.8 Å². The van der Waals surface area contributed by atoms with Gasteiger partial charge in [0.15, 0.2) is 5.78 Å². The highest BCUT2D eigenvalue weighted by Crippen LogP contribution is 2.50. The SMILES string of the molecule is CC1=CC[C@@H](C2(CO)CO2)C(C)(C)C1=O. The maximum atomic E-state index is 12.0. The second-order valence-electron chi connectivity index (χ2n) is 5.24. The van der Waals surface area contributed by atoms with Gasteiger partial charge in [0.2, 0.25) is 0 Å². The molecule has 84 valence electrons. The summed E-state index contributed by atoms with van der Waals surface area (Å²) in [5.74, 6) is 0.285. The van der Waals surface area contributed by atoms with E-state index in [0.717, 1.165) is 12.0 Å². The van der Waals surface area contributed by atoms with Crippen LogP contribution in [0, 0.1) is 11.3 Å². The van der Waals surface area contributed by atoms with E-state index in [1.165, 1.54) is 0 Å². The molecule has 15 heavy (non-hydrogen) atoms. The van der Waals surface area contributed by atoms with E-state index in [0.29, 0.717) is 6.61 Å². The van der Waals surface area contributed by atoms with Crippen molar-refractivity contribution in [2.75, 3.05) is 13.2 Å². The molecule has 1 aliphatic carbocycles. The first kappa shape index (κ1) is 10.8. The molecule has 0 spiro atoms. The molecule has 0 aromatic carbocycles. The molecule has 2 aliphatic rings. The Bertz CT molecular complexity index is 324. The van der Waals surface area contributed by atoms with Crippen molar-refractivity contribution in [3.63, 3.8) is 0 Å². The maximum absolute atomic E-state index is 12.0. The fourth-order valence-electron chi connectivity index (χ4n) is 2.72. The van der Waals surface area contributed by atoms with Gasteiger partial charge in [-0.25, -0.2) is 0 Å². The fourth-order valence-corrected chi connectivity index (χ4v) is 2.72. The Morgan fingerprint density at radius 3 is 2.67 bits per heavy atom. The second kappa shape index (κ2) is 3.16. The number of Topliss-reactive ketones (excluding diaryl/α,β-unsaturated/α-hetero) is 1. The third-order valence-electron chi connectivity index (χ3n) is 3.89. The molecule has 0 amide bonds. The van der Waals surface area contributed by atoms with Crippen molar-refractivity contribution in [3.8, 4) is 0 Å². The number of ether oxygens (including phenoxy) is 1. The number of allylic oxidation sites excluding steroid dienone is 2. The molecule has 3 heteroatoms. The van der Waals surface area contributed by atoms with Gasteiger partial charge in [-0.05, 0) is 18.9 Å². The van der Waals surface area contributed by atoms with Gasteiger partial charge in [-0.2, -0.15) is 0 Å². The molecule has 1 fully saturated rings. The number of hydrogen-bond donors (Lipinski definition) is 1. The minimum Gasteiger partial charge on any atom is -0.393 e. The van der Waals surface area contributed by atoms with Crippen LogP contribution in [0.2, 0.25) is 0 Å². The lowest BCUT2D eigenvalue weighted by Crippen LogP contribution is -2.46. The summed E-state index contributed by atoms with van der Waals surface area (Å²) in [6, 6.07) is 0. The Balaban J connectivity index is 2.32. The van der Waals surface area contributed by atoms with Gasteiger partial charge in [-0.3, -0.25) is 4.79 Å². The number of aliphatic hydroxyl groups excluding tert-OH is 1. The summed E-state index contributed by atoms with van der Waals surface area (Å²) >= 11 is 0. The zero-order valence-corrected chi connectivity index (χ0v) is 9.54. The molecule has 0 saturated carbocycles. The van der Waals surface area contributed by atoms with E-state index < -0.39 is 11.0 Å². The molecule has 1 unspecified atom stereocenters. The van der Waals surface area contributed by atoms with Crippen LogP contribution >= 0.6 is 0 Å². The molecule has 1 aliphatic heterocycles. The summed E-state index contributed by atoms with van der Waals surface area (Å²) in [6.07, 6.45) is 2.79. The van der Waals surface area contributed by atoms with Crippen molar-refractivity contribution in [2.24, 2.45) is 11.3 Å². The van der Waals surface area contributed by atoms with Gasteiger partial charge in [0.1, 0.15) is 5.60 Å². The van der Waals surface area contributed by atoms with E-state index in [1.54, 1.807) is 0 Å². The average Bonchev–Trinajstić information content (AvgIpc) is 2.95. The monoisotopic (exact) mass is 210 g/mol. The molecule has 1 heterocycles.